The third-order valence-corrected chi connectivity index (χ3v) is 5.43. The third-order valence-electron chi connectivity index (χ3n) is 4.07. The van der Waals surface area contributed by atoms with Crippen LogP contribution >= 0.6 is 15.9 Å². The Balaban J connectivity index is 1.59. The highest BCUT2D eigenvalue weighted by molar-refractivity contribution is 9.10. The first-order valence-corrected chi connectivity index (χ1v) is 9.95. The van der Waals surface area contributed by atoms with Gasteiger partial charge in [0.1, 0.15) is 0 Å². The fourth-order valence-corrected chi connectivity index (χ4v) is 3.74. The first kappa shape index (κ1) is 17.3. The second-order valence-electron chi connectivity index (χ2n) is 5.81. The molecule has 0 unspecified atom stereocenters. The van der Waals surface area contributed by atoms with Gasteiger partial charge in [-0.3, -0.25) is 9.88 Å². The normalized spacial score (nSPS) is 16.3. The van der Waals surface area contributed by atoms with E-state index in [0.29, 0.717) is 0 Å². The van der Waals surface area contributed by atoms with Gasteiger partial charge in [0.2, 0.25) is 10.0 Å². The number of anilines is 1. The number of nitrogens with zero attached hydrogens (tertiary/aromatic N) is 3. The number of piperazine rings is 1. The van der Waals surface area contributed by atoms with E-state index in [4.69, 9.17) is 5.14 Å². The lowest BCUT2D eigenvalue weighted by Gasteiger charge is -2.36. The monoisotopic (exact) mass is 410 g/mol. The highest BCUT2D eigenvalue weighted by Gasteiger charge is 2.18. The molecule has 1 fully saturated rings. The van der Waals surface area contributed by atoms with Gasteiger partial charge in [-0.2, -0.15) is 0 Å². The van der Waals surface area contributed by atoms with Crippen molar-refractivity contribution >= 4 is 31.6 Å². The molecule has 1 aromatic carbocycles. The minimum Gasteiger partial charge on any atom is -0.369 e. The molecule has 2 heterocycles. The molecule has 8 heteroatoms. The molecule has 0 aliphatic carbocycles. The van der Waals surface area contributed by atoms with Gasteiger partial charge in [-0.05, 0) is 51.8 Å². The summed E-state index contributed by atoms with van der Waals surface area (Å²) in [6, 6.07) is 8.83. The molecule has 3 rings (SSSR count). The van der Waals surface area contributed by atoms with Crippen molar-refractivity contribution in [1.29, 1.82) is 0 Å². The Hall–Kier alpha value is -1.48. The molecule has 1 aromatic heterocycles. The number of nitrogens with two attached hydrogens (primary N) is 1. The number of pyridine rings is 1. The Labute approximate surface area is 150 Å². The molecule has 1 aliphatic rings. The number of sulfonamides is 1. The molecular formula is C16H19BrN4O2S. The van der Waals surface area contributed by atoms with Crippen molar-refractivity contribution in [2.45, 2.75) is 11.4 Å². The van der Waals surface area contributed by atoms with Crippen LogP contribution in [0.3, 0.4) is 0 Å². The van der Waals surface area contributed by atoms with Gasteiger partial charge in [-0.1, -0.05) is 0 Å². The zero-order valence-corrected chi connectivity index (χ0v) is 15.5. The highest BCUT2D eigenvalue weighted by Crippen LogP contribution is 2.20. The summed E-state index contributed by atoms with van der Waals surface area (Å²) in [5, 5.41) is 5.13. The van der Waals surface area contributed by atoms with Gasteiger partial charge >= 0.3 is 0 Å². The van der Waals surface area contributed by atoms with Crippen molar-refractivity contribution in [2.75, 3.05) is 31.1 Å². The molecular weight excluding hydrogens is 392 g/mol. The molecule has 0 bridgehead atoms. The van der Waals surface area contributed by atoms with Crippen LogP contribution in [0.5, 0.6) is 0 Å². The average Bonchev–Trinajstić information content (AvgIpc) is 2.55. The van der Waals surface area contributed by atoms with Crippen molar-refractivity contribution in [3.05, 3.63) is 52.8 Å². The van der Waals surface area contributed by atoms with Crippen LogP contribution in [-0.2, 0) is 16.6 Å². The summed E-state index contributed by atoms with van der Waals surface area (Å²) in [6.07, 6.45) is 3.68. The van der Waals surface area contributed by atoms with E-state index in [1.54, 1.807) is 18.3 Å². The quantitative estimate of drug-likeness (QED) is 0.831. The fraction of sp³-hybridized carbons (Fsp3) is 0.312. The van der Waals surface area contributed by atoms with Crippen LogP contribution in [0.1, 0.15) is 5.56 Å². The van der Waals surface area contributed by atoms with Gasteiger partial charge in [0.15, 0.2) is 0 Å². The lowest BCUT2D eigenvalue weighted by atomic mass is 10.2. The molecule has 2 aromatic rings. The summed E-state index contributed by atoms with van der Waals surface area (Å²) in [7, 11) is -3.63. The zero-order valence-electron chi connectivity index (χ0n) is 13.1. The van der Waals surface area contributed by atoms with Crippen molar-refractivity contribution in [2.24, 2.45) is 5.14 Å². The van der Waals surface area contributed by atoms with Gasteiger partial charge in [0.25, 0.3) is 0 Å². The van der Waals surface area contributed by atoms with E-state index in [1.807, 2.05) is 18.3 Å². The number of aromatic nitrogens is 1. The van der Waals surface area contributed by atoms with E-state index in [-0.39, 0.29) is 4.90 Å². The highest BCUT2D eigenvalue weighted by atomic mass is 79.9. The number of hydrogen-bond donors (Lipinski definition) is 1. The summed E-state index contributed by atoms with van der Waals surface area (Å²) in [5.74, 6) is 0. The molecule has 128 valence electrons. The Kier molecular flexibility index (Phi) is 5.19. The topological polar surface area (TPSA) is 79.5 Å². The number of benzene rings is 1. The molecule has 1 saturated heterocycles. The van der Waals surface area contributed by atoms with Gasteiger partial charge in [0.05, 0.1) is 4.90 Å². The summed E-state index contributed by atoms with van der Waals surface area (Å²) in [4.78, 5) is 8.98. The molecule has 0 saturated carbocycles. The third kappa shape index (κ3) is 4.32. The van der Waals surface area contributed by atoms with E-state index < -0.39 is 10.0 Å². The predicted octanol–water partition coefficient (Wildman–Crippen LogP) is 1.81. The largest absolute Gasteiger partial charge is 0.369 e. The Morgan fingerprint density at radius 1 is 1.08 bits per heavy atom. The van der Waals surface area contributed by atoms with E-state index in [2.05, 4.69) is 36.8 Å². The average molecular weight is 411 g/mol. The molecule has 1 aliphatic heterocycles. The Morgan fingerprint density at radius 3 is 2.33 bits per heavy atom. The first-order chi connectivity index (χ1) is 11.4. The smallest absolute Gasteiger partial charge is 0.238 e. The maximum Gasteiger partial charge on any atom is 0.238 e. The Bertz CT molecular complexity index is 803. The molecule has 2 N–H and O–H groups in total. The van der Waals surface area contributed by atoms with Gasteiger partial charge in [-0.15, -0.1) is 0 Å². The number of primary sulfonamides is 1. The molecule has 0 atom stereocenters. The van der Waals surface area contributed by atoms with E-state index >= 15 is 0 Å². The summed E-state index contributed by atoms with van der Waals surface area (Å²) in [5.41, 5.74) is 2.21. The van der Waals surface area contributed by atoms with Gasteiger partial charge in [-0.25, -0.2) is 13.6 Å². The van der Waals surface area contributed by atoms with E-state index in [0.717, 1.165) is 42.9 Å². The maximum atomic E-state index is 11.3. The van der Waals surface area contributed by atoms with E-state index in [1.165, 1.54) is 5.56 Å². The van der Waals surface area contributed by atoms with Gasteiger partial charge < -0.3 is 4.90 Å². The lowest BCUT2D eigenvalue weighted by Crippen LogP contribution is -2.46. The fourth-order valence-electron chi connectivity index (χ4n) is 2.81. The summed E-state index contributed by atoms with van der Waals surface area (Å²) in [6.45, 7) is 4.57. The van der Waals surface area contributed by atoms with Crippen LogP contribution in [0.25, 0.3) is 0 Å². The lowest BCUT2D eigenvalue weighted by molar-refractivity contribution is 0.249. The predicted molar refractivity (Wildman–Crippen MR) is 97.2 cm³/mol. The molecule has 0 amide bonds. The van der Waals surface area contributed by atoms with Gasteiger partial charge in [0, 0.05) is 55.3 Å². The van der Waals surface area contributed by atoms with Crippen LogP contribution in [0.4, 0.5) is 5.69 Å². The Morgan fingerprint density at radius 2 is 1.75 bits per heavy atom. The van der Waals surface area contributed by atoms with Crippen LogP contribution in [0.15, 0.2) is 52.1 Å². The van der Waals surface area contributed by atoms with Crippen molar-refractivity contribution < 1.29 is 8.42 Å². The first-order valence-electron chi connectivity index (χ1n) is 7.61. The second-order valence-corrected chi connectivity index (χ2v) is 8.29. The van der Waals surface area contributed by atoms with Crippen LogP contribution in [0, 0.1) is 0 Å². The molecule has 0 radical (unpaired) electrons. The summed E-state index contributed by atoms with van der Waals surface area (Å²) < 4.78 is 23.6. The number of hydrogen-bond acceptors (Lipinski definition) is 5. The van der Waals surface area contributed by atoms with Crippen LogP contribution in [0.2, 0.25) is 0 Å². The van der Waals surface area contributed by atoms with Crippen molar-refractivity contribution in [3.63, 3.8) is 0 Å². The van der Waals surface area contributed by atoms with Crippen LogP contribution in [-0.4, -0.2) is 44.5 Å². The zero-order chi connectivity index (χ0) is 17.2. The number of rotatable bonds is 4. The molecule has 6 nitrogen and oxygen atoms in total. The van der Waals surface area contributed by atoms with E-state index in [9.17, 15) is 8.42 Å². The van der Waals surface area contributed by atoms with Crippen molar-refractivity contribution in [3.8, 4) is 0 Å². The maximum absolute atomic E-state index is 11.3. The van der Waals surface area contributed by atoms with Crippen molar-refractivity contribution in [1.82, 2.24) is 9.88 Å². The second kappa shape index (κ2) is 7.18. The standard InChI is InChI=1S/C16H19BrN4O2S/c17-14-9-13(10-19-11-14)12-20-5-7-21(8-6-20)15-1-3-16(4-2-15)24(18,22)23/h1-4,9-11H,5-8,12H2,(H2,18,22,23). The number of halogens is 1. The molecule has 24 heavy (non-hydrogen) atoms. The minimum absolute atomic E-state index is 0.145. The minimum atomic E-state index is -3.63. The summed E-state index contributed by atoms with van der Waals surface area (Å²) >= 11 is 3.45. The SMILES string of the molecule is NS(=O)(=O)c1ccc(N2CCN(Cc3cncc(Br)c3)CC2)cc1. The molecule has 0 spiro atoms. The van der Waals surface area contributed by atoms with Crippen LogP contribution < -0.4 is 10.0 Å².